The zero-order valence-electron chi connectivity index (χ0n) is 18.2. The van der Waals surface area contributed by atoms with Crippen molar-refractivity contribution in [3.63, 3.8) is 0 Å². The van der Waals surface area contributed by atoms with E-state index >= 15 is 0 Å². The molecule has 0 saturated heterocycles. The molecule has 6 nitrogen and oxygen atoms in total. The number of carbonyl (C=O) groups is 1. The van der Waals surface area contributed by atoms with E-state index in [1.54, 1.807) is 0 Å². The molecule has 0 bridgehead atoms. The van der Waals surface area contributed by atoms with Gasteiger partial charge in [-0.3, -0.25) is 9.79 Å². The van der Waals surface area contributed by atoms with Crippen LogP contribution in [-0.2, 0) is 17.6 Å². The quantitative estimate of drug-likeness (QED) is 0.258. The Balaban J connectivity index is 0.00000420. The number of nitrogens with zero attached hydrogens (tertiary/aromatic N) is 2. The van der Waals surface area contributed by atoms with Crippen molar-refractivity contribution in [2.75, 3.05) is 32.7 Å². The molecule has 0 spiro atoms. The van der Waals surface area contributed by atoms with Crippen molar-refractivity contribution in [2.45, 2.75) is 47.0 Å². The summed E-state index contributed by atoms with van der Waals surface area (Å²) in [6.45, 7) is 11.8. The number of halogens is 1. The molecule has 2 aromatic rings. The molecule has 0 radical (unpaired) electrons. The molecule has 3 N–H and O–H groups in total. The summed E-state index contributed by atoms with van der Waals surface area (Å²) in [6, 6.07) is 6.49. The molecule has 1 aromatic heterocycles. The van der Waals surface area contributed by atoms with Crippen LogP contribution in [0.4, 0.5) is 0 Å². The van der Waals surface area contributed by atoms with E-state index in [0.717, 1.165) is 45.0 Å². The smallest absolute Gasteiger partial charge is 0.224 e. The minimum Gasteiger partial charge on any atom is -0.361 e. The Labute approximate surface area is 191 Å². The number of hydrogen-bond acceptors (Lipinski definition) is 2. The van der Waals surface area contributed by atoms with Gasteiger partial charge >= 0.3 is 0 Å². The first kappa shape index (κ1) is 25.3. The Kier molecular flexibility index (Phi) is 11.7. The normalized spacial score (nSPS) is 11.2. The third-order valence-corrected chi connectivity index (χ3v) is 5.01. The van der Waals surface area contributed by atoms with Gasteiger partial charge < -0.3 is 20.5 Å². The Morgan fingerprint density at radius 2 is 1.86 bits per heavy atom. The molecule has 0 fully saturated rings. The van der Waals surface area contributed by atoms with Crippen LogP contribution < -0.4 is 10.6 Å². The fourth-order valence-electron chi connectivity index (χ4n) is 3.43. The second-order valence-electron chi connectivity index (χ2n) is 6.76. The van der Waals surface area contributed by atoms with E-state index in [-0.39, 0.29) is 29.9 Å². The van der Waals surface area contributed by atoms with Gasteiger partial charge in [-0.25, -0.2) is 0 Å². The highest BCUT2D eigenvalue weighted by Crippen LogP contribution is 2.22. The van der Waals surface area contributed by atoms with Crippen molar-refractivity contribution in [3.8, 4) is 0 Å². The molecule has 1 amide bonds. The summed E-state index contributed by atoms with van der Waals surface area (Å²) < 4.78 is 0. The van der Waals surface area contributed by atoms with Gasteiger partial charge in [-0.1, -0.05) is 25.1 Å². The van der Waals surface area contributed by atoms with Crippen LogP contribution in [0.3, 0.4) is 0 Å². The molecule has 0 saturated carbocycles. The van der Waals surface area contributed by atoms with Crippen LogP contribution in [0.25, 0.3) is 10.9 Å². The van der Waals surface area contributed by atoms with Crippen molar-refractivity contribution >= 4 is 46.7 Å². The third-order valence-electron chi connectivity index (χ3n) is 5.01. The Morgan fingerprint density at radius 3 is 2.52 bits per heavy atom. The van der Waals surface area contributed by atoms with Crippen LogP contribution in [0, 0.1) is 0 Å². The number of aromatic nitrogens is 1. The molecular formula is C22H36IN5O. The number of aryl methyl sites for hydroxylation is 1. The third kappa shape index (κ3) is 7.21. The van der Waals surface area contributed by atoms with Gasteiger partial charge in [0, 0.05) is 49.7 Å². The number of benzene rings is 1. The number of carbonyl (C=O) groups excluding carboxylic acids is 1. The molecule has 7 heteroatoms. The van der Waals surface area contributed by atoms with Crippen LogP contribution in [-0.4, -0.2) is 54.5 Å². The number of fused-ring (bicyclic) bond motifs is 1. The van der Waals surface area contributed by atoms with Gasteiger partial charge in [0.05, 0.1) is 6.54 Å². The minimum atomic E-state index is 0. The molecule has 0 unspecified atom stereocenters. The van der Waals surface area contributed by atoms with Gasteiger partial charge in [-0.05, 0) is 44.7 Å². The fraction of sp³-hybridized carbons (Fsp3) is 0.545. The van der Waals surface area contributed by atoms with E-state index in [9.17, 15) is 4.79 Å². The fourth-order valence-corrected chi connectivity index (χ4v) is 3.43. The van der Waals surface area contributed by atoms with Crippen molar-refractivity contribution in [3.05, 3.63) is 35.5 Å². The molecule has 0 atom stereocenters. The highest BCUT2D eigenvalue weighted by atomic mass is 127. The molecular weight excluding hydrogens is 477 g/mol. The van der Waals surface area contributed by atoms with Crippen LogP contribution >= 0.6 is 24.0 Å². The van der Waals surface area contributed by atoms with Crippen molar-refractivity contribution in [1.29, 1.82) is 0 Å². The number of nitrogens with one attached hydrogen (secondary N) is 3. The summed E-state index contributed by atoms with van der Waals surface area (Å²) in [7, 11) is 0. The zero-order chi connectivity index (χ0) is 20.4. The summed E-state index contributed by atoms with van der Waals surface area (Å²) in [4.78, 5) is 21.9. The number of aromatic amines is 1. The first-order chi connectivity index (χ1) is 13.6. The second kappa shape index (κ2) is 13.5. The summed E-state index contributed by atoms with van der Waals surface area (Å²) >= 11 is 0. The number of hydrogen-bond donors (Lipinski definition) is 3. The maximum absolute atomic E-state index is 12.1. The van der Waals surface area contributed by atoms with Crippen molar-refractivity contribution in [1.82, 2.24) is 20.5 Å². The maximum atomic E-state index is 12.1. The topological polar surface area (TPSA) is 72.5 Å². The van der Waals surface area contributed by atoms with Gasteiger partial charge in [-0.2, -0.15) is 0 Å². The summed E-state index contributed by atoms with van der Waals surface area (Å²) in [5, 5.41) is 7.94. The largest absolute Gasteiger partial charge is 0.361 e. The van der Waals surface area contributed by atoms with Crippen LogP contribution in [0.1, 0.15) is 45.2 Å². The van der Waals surface area contributed by atoms with Gasteiger partial charge in [0.15, 0.2) is 5.96 Å². The van der Waals surface area contributed by atoms with Crippen molar-refractivity contribution in [2.24, 2.45) is 4.99 Å². The number of guanidine groups is 1. The van der Waals surface area contributed by atoms with Gasteiger partial charge in [0.2, 0.25) is 5.91 Å². The first-order valence-corrected chi connectivity index (χ1v) is 10.5. The lowest BCUT2D eigenvalue weighted by Gasteiger charge is -2.18. The standard InChI is InChI=1S/C22H35N5O.HI/c1-5-17-10-9-11-19-18(16-26-21(17)19)12-14-24-22(23-6-2)25-15-13-20(28)27(7-3)8-4;/h9-11,16,26H,5-8,12-15H2,1-4H3,(H2,23,24,25);1H. The average molecular weight is 513 g/mol. The Bertz CT molecular complexity index is 783. The predicted octanol–water partition coefficient (Wildman–Crippen LogP) is 3.70. The molecule has 0 aliphatic carbocycles. The van der Waals surface area contributed by atoms with E-state index in [1.165, 1.54) is 22.0 Å². The van der Waals surface area contributed by atoms with Gasteiger partial charge in [0.1, 0.15) is 0 Å². The number of amides is 1. The molecule has 162 valence electrons. The monoisotopic (exact) mass is 513 g/mol. The lowest BCUT2D eigenvalue weighted by molar-refractivity contribution is -0.130. The average Bonchev–Trinajstić information content (AvgIpc) is 3.12. The molecule has 2 rings (SSSR count). The predicted molar refractivity (Wildman–Crippen MR) is 133 cm³/mol. The Hall–Kier alpha value is -1.77. The van der Waals surface area contributed by atoms with Crippen LogP contribution in [0.15, 0.2) is 29.4 Å². The summed E-state index contributed by atoms with van der Waals surface area (Å²) in [5.74, 6) is 0.930. The van der Waals surface area contributed by atoms with Gasteiger partial charge in [-0.15, -0.1) is 24.0 Å². The lowest BCUT2D eigenvalue weighted by Crippen LogP contribution is -2.38. The second-order valence-corrected chi connectivity index (χ2v) is 6.76. The van der Waals surface area contributed by atoms with E-state index in [4.69, 9.17) is 0 Å². The highest BCUT2D eigenvalue weighted by Gasteiger charge is 2.09. The maximum Gasteiger partial charge on any atom is 0.224 e. The SMILES string of the molecule is CCNC(=NCCC(=O)N(CC)CC)NCCc1c[nH]c2c(CC)cccc12.I. The lowest BCUT2D eigenvalue weighted by atomic mass is 10.1. The molecule has 0 aliphatic rings. The summed E-state index contributed by atoms with van der Waals surface area (Å²) in [5.41, 5.74) is 3.91. The number of rotatable bonds is 10. The van der Waals surface area contributed by atoms with E-state index < -0.39 is 0 Å². The number of para-hydroxylation sites is 1. The Morgan fingerprint density at radius 1 is 1.10 bits per heavy atom. The van der Waals surface area contributed by atoms with Crippen molar-refractivity contribution < 1.29 is 4.79 Å². The van der Waals surface area contributed by atoms with E-state index in [2.05, 4.69) is 51.9 Å². The molecule has 29 heavy (non-hydrogen) atoms. The minimum absolute atomic E-state index is 0. The number of aliphatic imine (C=N–C) groups is 1. The van der Waals surface area contributed by atoms with Crippen LogP contribution in [0.2, 0.25) is 0 Å². The molecule has 0 aliphatic heterocycles. The van der Waals surface area contributed by atoms with Gasteiger partial charge in [0.25, 0.3) is 0 Å². The zero-order valence-corrected chi connectivity index (χ0v) is 20.5. The first-order valence-electron chi connectivity index (χ1n) is 10.5. The molecule has 1 aromatic carbocycles. The van der Waals surface area contributed by atoms with E-state index in [0.29, 0.717) is 13.0 Å². The molecule has 1 heterocycles. The highest BCUT2D eigenvalue weighted by molar-refractivity contribution is 14.0. The number of H-pyrrole nitrogens is 1. The van der Waals surface area contributed by atoms with Crippen LogP contribution in [0.5, 0.6) is 0 Å². The summed E-state index contributed by atoms with van der Waals surface area (Å²) in [6.07, 6.45) is 4.49. The van der Waals surface area contributed by atoms with E-state index in [1.807, 2.05) is 25.7 Å².